The Hall–Kier alpha value is -1.95. The number of nitrogens with zero attached hydrogens (tertiary/aromatic N) is 3. The van der Waals surface area contributed by atoms with Crippen LogP contribution in [0.15, 0.2) is 48.1 Å². The molecule has 0 aliphatic heterocycles. The lowest BCUT2D eigenvalue weighted by Crippen LogP contribution is -2.24. The zero-order chi connectivity index (χ0) is 13.0. The highest BCUT2D eigenvalue weighted by Crippen LogP contribution is 2.07. The van der Waals surface area contributed by atoms with Gasteiger partial charge in [0.2, 0.25) is 0 Å². The molecule has 5 nitrogen and oxygen atoms in total. The molecule has 0 aliphatic carbocycles. The first-order chi connectivity index (χ1) is 8.66. The minimum absolute atomic E-state index is 0.167. The van der Waals surface area contributed by atoms with Crippen LogP contribution in [0.2, 0.25) is 0 Å². The molecule has 18 heavy (non-hydrogen) atoms. The molecule has 1 N–H and O–H groups in total. The highest BCUT2D eigenvalue weighted by atomic mass is 79.9. The maximum atomic E-state index is 11.8. The number of hydrogen-bond donors (Lipinski definition) is 1. The van der Waals surface area contributed by atoms with Gasteiger partial charge in [-0.05, 0) is 12.1 Å². The van der Waals surface area contributed by atoms with Crippen LogP contribution in [0.4, 0.5) is 0 Å². The van der Waals surface area contributed by atoms with Crippen molar-refractivity contribution in [2.45, 2.75) is 0 Å². The van der Waals surface area contributed by atoms with Crippen LogP contribution in [-0.4, -0.2) is 27.0 Å². The van der Waals surface area contributed by atoms with E-state index in [9.17, 15) is 4.79 Å². The second kappa shape index (κ2) is 5.59. The Morgan fingerprint density at radius 2 is 2.33 bits per heavy atom. The Labute approximate surface area is 113 Å². The molecule has 2 aromatic heterocycles. The van der Waals surface area contributed by atoms with Gasteiger partial charge < -0.3 is 5.32 Å². The van der Waals surface area contributed by atoms with Gasteiger partial charge in [0, 0.05) is 35.2 Å². The molecule has 2 heterocycles. The Morgan fingerprint density at radius 1 is 1.50 bits per heavy atom. The van der Waals surface area contributed by atoms with Crippen molar-refractivity contribution in [2.75, 3.05) is 6.54 Å². The fourth-order valence-electron chi connectivity index (χ4n) is 1.37. The van der Waals surface area contributed by atoms with E-state index in [-0.39, 0.29) is 5.91 Å². The molecule has 92 valence electrons. The molecule has 2 rings (SSSR count). The van der Waals surface area contributed by atoms with E-state index in [1.165, 1.54) is 0 Å². The fourth-order valence-corrected chi connectivity index (χ4v) is 1.51. The van der Waals surface area contributed by atoms with E-state index < -0.39 is 0 Å². The zero-order valence-corrected chi connectivity index (χ0v) is 11.1. The zero-order valence-electron chi connectivity index (χ0n) is 9.51. The second-order valence-electron chi connectivity index (χ2n) is 3.57. The van der Waals surface area contributed by atoms with E-state index in [1.54, 1.807) is 41.6 Å². The first-order valence-electron chi connectivity index (χ1n) is 5.22. The number of halogens is 1. The van der Waals surface area contributed by atoms with Gasteiger partial charge in [0.1, 0.15) is 12.1 Å². The summed E-state index contributed by atoms with van der Waals surface area (Å²) in [6.45, 7) is 4.05. The lowest BCUT2D eigenvalue weighted by atomic mass is 10.2. The van der Waals surface area contributed by atoms with Gasteiger partial charge in [-0.2, -0.15) is 0 Å². The topological polar surface area (TPSA) is 59.8 Å². The van der Waals surface area contributed by atoms with Gasteiger partial charge in [0.05, 0.1) is 0 Å². The monoisotopic (exact) mass is 306 g/mol. The van der Waals surface area contributed by atoms with Crippen LogP contribution < -0.4 is 5.32 Å². The van der Waals surface area contributed by atoms with Crippen molar-refractivity contribution in [3.8, 4) is 5.82 Å². The van der Waals surface area contributed by atoms with Crippen LogP contribution >= 0.6 is 15.9 Å². The summed E-state index contributed by atoms with van der Waals surface area (Å²) in [7, 11) is 0. The van der Waals surface area contributed by atoms with Crippen molar-refractivity contribution in [2.24, 2.45) is 0 Å². The molecular weight excluding hydrogens is 296 g/mol. The third kappa shape index (κ3) is 3.04. The highest BCUT2D eigenvalue weighted by molar-refractivity contribution is 9.11. The standard InChI is InChI=1S/C12H11BrN4O/c1-9(13)7-16-12(18)10-2-3-15-11(6-10)17-5-4-14-8-17/h2-6,8H,1,7H2,(H,16,18). The molecule has 0 aromatic carbocycles. The van der Waals surface area contributed by atoms with Crippen LogP contribution in [0.5, 0.6) is 0 Å². The Kier molecular flexibility index (Phi) is 3.88. The third-order valence-corrected chi connectivity index (χ3v) is 2.50. The van der Waals surface area contributed by atoms with E-state index >= 15 is 0 Å². The van der Waals surface area contributed by atoms with E-state index in [2.05, 4.69) is 37.8 Å². The molecule has 0 aliphatic rings. The largest absolute Gasteiger partial charge is 0.347 e. The van der Waals surface area contributed by atoms with Crippen molar-refractivity contribution in [1.29, 1.82) is 0 Å². The minimum Gasteiger partial charge on any atom is -0.347 e. The molecule has 1 amide bonds. The number of carbonyl (C=O) groups excluding carboxylic acids is 1. The molecule has 0 bridgehead atoms. The third-order valence-electron chi connectivity index (χ3n) is 2.22. The average molecular weight is 307 g/mol. The lowest BCUT2D eigenvalue weighted by molar-refractivity contribution is 0.0957. The Balaban J connectivity index is 2.17. The predicted molar refractivity (Wildman–Crippen MR) is 71.8 cm³/mol. The molecular formula is C12H11BrN4O. The number of hydrogen-bond acceptors (Lipinski definition) is 3. The lowest BCUT2D eigenvalue weighted by Gasteiger charge is -2.06. The number of pyridine rings is 1. The summed E-state index contributed by atoms with van der Waals surface area (Å²) in [6, 6.07) is 3.36. The first kappa shape index (κ1) is 12.5. The summed E-state index contributed by atoms with van der Waals surface area (Å²) in [4.78, 5) is 20.0. The molecule has 0 spiro atoms. The van der Waals surface area contributed by atoms with Crippen LogP contribution in [0.1, 0.15) is 10.4 Å². The predicted octanol–water partition coefficient (Wildman–Crippen LogP) is 1.91. The van der Waals surface area contributed by atoms with Crippen molar-refractivity contribution in [3.63, 3.8) is 0 Å². The molecule has 2 aromatic rings. The van der Waals surface area contributed by atoms with Crippen molar-refractivity contribution >= 4 is 21.8 Å². The number of amides is 1. The van der Waals surface area contributed by atoms with Gasteiger partial charge in [-0.3, -0.25) is 9.36 Å². The van der Waals surface area contributed by atoms with Crippen LogP contribution in [0, 0.1) is 0 Å². The maximum Gasteiger partial charge on any atom is 0.251 e. The summed E-state index contributed by atoms with van der Waals surface area (Å²) < 4.78 is 2.46. The first-order valence-corrected chi connectivity index (χ1v) is 6.02. The summed E-state index contributed by atoms with van der Waals surface area (Å²) >= 11 is 3.19. The number of imidazole rings is 1. The van der Waals surface area contributed by atoms with Crippen molar-refractivity contribution in [3.05, 3.63) is 53.7 Å². The summed E-state index contributed by atoms with van der Waals surface area (Å²) in [5, 5.41) is 2.73. The minimum atomic E-state index is -0.167. The van der Waals surface area contributed by atoms with Crippen LogP contribution in [0.25, 0.3) is 5.82 Å². The van der Waals surface area contributed by atoms with Crippen LogP contribution in [0.3, 0.4) is 0 Å². The number of carbonyl (C=O) groups is 1. The summed E-state index contributed by atoms with van der Waals surface area (Å²) in [5.41, 5.74) is 0.544. The molecule has 0 atom stereocenters. The van der Waals surface area contributed by atoms with Gasteiger partial charge in [0.25, 0.3) is 5.91 Å². The molecule has 0 unspecified atom stereocenters. The van der Waals surface area contributed by atoms with Crippen molar-refractivity contribution in [1.82, 2.24) is 19.9 Å². The number of aromatic nitrogens is 3. The van der Waals surface area contributed by atoms with E-state index in [1.807, 2.05) is 0 Å². The van der Waals surface area contributed by atoms with Gasteiger partial charge in [0.15, 0.2) is 0 Å². The smallest absolute Gasteiger partial charge is 0.251 e. The SMILES string of the molecule is C=C(Br)CNC(=O)c1ccnc(-n2ccnc2)c1. The number of rotatable bonds is 4. The van der Waals surface area contributed by atoms with Crippen molar-refractivity contribution < 1.29 is 4.79 Å². The molecule has 6 heteroatoms. The fraction of sp³-hybridized carbons (Fsp3) is 0.0833. The average Bonchev–Trinajstić information content (AvgIpc) is 2.90. The van der Waals surface area contributed by atoms with Gasteiger partial charge in [-0.1, -0.05) is 22.5 Å². The number of nitrogens with one attached hydrogen (secondary N) is 1. The van der Waals surface area contributed by atoms with Gasteiger partial charge in [-0.15, -0.1) is 0 Å². The Morgan fingerprint density at radius 3 is 3.00 bits per heavy atom. The second-order valence-corrected chi connectivity index (χ2v) is 4.69. The summed E-state index contributed by atoms with van der Waals surface area (Å²) in [6.07, 6.45) is 6.64. The highest BCUT2D eigenvalue weighted by Gasteiger charge is 2.07. The molecule has 0 fully saturated rings. The molecule has 0 saturated heterocycles. The van der Waals surface area contributed by atoms with E-state index in [4.69, 9.17) is 0 Å². The van der Waals surface area contributed by atoms with Crippen LogP contribution in [-0.2, 0) is 0 Å². The van der Waals surface area contributed by atoms with Gasteiger partial charge >= 0.3 is 0 Å². The molecule has 0 radical (unpaired) electrons. The maximum absolute atomic E-state index is 11.8. The van der Waals surface area contributed by atoms with E-state index in [0.29, 0.717) is 17.9 Å². The normalized spacial score (nSPS) is 10.1. The summed E-state index contributed by atoms with van der Waals surface area (Å²) in [5.74, 6) is 0.484. The quantitative estimate of drug-likeness (QED) is 0.938. The van der Waals surface area contributed by atoms with Gasteiger partial charge in [-0.25, -0.2) is 9.97 Å². The Bertz CT molecular complexity index is 565. The van der Waals surface area contributed by atoms with E-state index in [0.717, 1.165) is 4.48 Å². The molecule has 0 saturated carbocycles.